The van der Waals surface area contributed by atoms with E-state index in [0.717, 1.165) is 6.54 Å². The summed E-state index contributed by atoms with van der Waals surface area (Å²) in [6.07, 6.45) is 0. The molecule has 40 valence electrons. The molecule has 1 aliphatic rings. The Morgan fingerprint density at radius 3 is 2.57 bits per heavy atom. The molecule has 7 heavy (non-hydrogen) atoms. The predicted molar refractivity (Wildman–Crippen MR) is 26.9 cm³/mol. The lowest BCUT2D eigenvalue weighted by Gasteiger charge is -2.00. The fourth-order valence-corrected chi connectivity index (χ4v) is 0.632. The summed E-state index contributed by atoms with van der Waals surface area (Å²) in [5, 5.41) is 9.48. The van der Waals surface area contributed by atoms with Gasteiger partial charge in [-0.05, 0) is 6.92 Å². The van der Waals surface area contributed by atoms with Crippen LogP contribution in [0.15, 0.2) is 10.3 Å². The van der Waals surface area contributed by atoms with E-state index in [4.69, 9.17) is 0 Å². The molecule has 0 radical (unpaired) electrons. The molecule has 3 heteroatoms. The maximum absolute atomic E-state index is 3.87. The van der Waals surface area contributed by atoms with E-state index in [2.05, 4.69) is 10.3 Å². The van der Waals surface area contributed by atoms with Crippen LogP contribution in [0.1, 0.15) is 6.92 Å². The molecule has 1 atom stereocenters. The predicted octanol–water partition coefficient (Wildman–Crippen LogP) is 0.688. The largest absolute Gasteiger partial charge is 0.280 e. The summed E-state index contributed by atoms with van der Waals surface area (Å²) in [6, 6.07) is 0.407. The Morgan fingerprint density at radius 1 is 1.71 bits per heavy atom. The van der Waals surface area contributed by atoms with Crippen molar-refractivity contribution < 1.29 is 0 Å². The molecule has 1 heterocycles. The van der Waals surface area contributed by atoms with Gasteiger partial charge in [-0.3, -0.25) is 5.01 Å². The lowest BCUT2D eigenvalue weighted by Crippen LogP contribution is -2.13. The molecule has 0 aromatic carbocycles. The molecule has 1 rings (SSSR count). The fraction of sp³-hybridized carbons (Fsp3) is 1.00. The van der Waals surface area contributed by atoms with E-state index in [0.29, 0.717) is 6.04 Å². The van der Waals surface area contributed by atoms with Gasteiger partial charge in [-0.15, -0.1) is 0 Å². The standard InChI is InChI=1S/C4H9N3/c1-4-3-7(2)6-5-4/h4H,3H2,1-2H3. The number of hydrogen-bond acceptors (Lipinski definition) is 3. The van der Waals surface area contributed by atoms with Crippen molar-refractivity contribution >= 4 is 0 Å². The Bertz CT molecular complexity index is 78.9. The molecule has 1 unspecified atom stereocenters. The van der Waals surface area contributed by atoms with Crippen LogP contribution in [0, 0.1) is 0 Å². The van der Waals surface area contributed by atoms with E-state index >= 15 is 0 Å². The molecular formula is C4H9N3. The van der Waals surface area contributed by atoms with Gasteiger partial charge in [0.25, 0.3) is 0 Å². The Hall–Kier alpha value is -0.600. The molecular weight excluding hydrogens is 90.1 g/mol. The van der Waals surface area contributed by atoms with E-state index in [-0.39, 0.29) is 0 Å². The van der Waals surface area contributed by atoms with Crippen molar-refractivity contribution in [3.05, 3.63) is 0 Å². The zero-order chi connectivity index (χ0) is 5.28. The highest BCUT2D eigenvalue weighted by atomic mass is 15.6. The van der Waals surface area contributed by atoms with Gasteiger partial charge in [-0.2, -0.15) is 5.11 Å². The SMILES string of the molecule is CC1CN(C)N=N1. The third-order valence-electron chi connectivity index (χ3n) is 0.930. The highest BCUT2D eigenvalue weighted by Crippen LogP contribution is 2.02. The van der Waals surface area contributed by atoms with Crippen molar-refractivity contribution in [1.82, 2.24) is 5.01 Å². The molecule has 0 spiro atoms. The number of rotatable bonds is 0. The molecule has 0 N–H and O–H groups in total. The van der Waals surface area contributed by atoms with Crippen LogP contribution in [0.4, 0.5) is 0 Å². The van der Waals surface area contributed by atoms with E-state index in [1.54, 1.807) is 0 Å². The van der Waals surface area contributed by atoms with Crippen molar-refractivity contribution in [1.29, 1.82) is 0 Å². The van der Waals surface area contributed by atoms with E-state index in [1.807, 2.05) is 19.0 Å². The maximum Gasteiger partial charge on any atom is 0.0893 e. The minimum absolute atomic E-state index is 0.407. The summed E-state index contributed by atoms with van der Waals surface area (Å²) in [4.78, 5) is 0. The van der Waals surface area contributed by atoms with Crippen molar-refractivity contribution in [2.45, 2.75) is 13.0 Å². The number of likely N-dealkylation sites (N-methyl/N-ethyl adjacent to an activating group) is 1. The highest BCUT2D eigenvalue weighted by molar-refractivity contribution is 4.64. The molecule has 0 aromatic rings. The number of hydrogen-bond donors (Lipinski definition) is 0. The van der Waals surface area contributed by atoms with Crippen molar-refractivity contribution in [2.75, 3.05) is 13.6 Å². The Kier molecular flexibility index (Phi) is 0.964. The van der Waals surface area contributed by atoms with E-state index in [1.165, 1.54) is 0 Å². The van der Waals surface area contributed by atoms with Crippen molar-refractivity contribution in [2.24, 2.45) is 10.3 Å². The lowest BCUT2D eigenvalue weighted by atomic mass is 10.4. The van der Waals surface area contributed by atoms with Gasteiger partial charge < -0.3 is 0 Å². The molecule has 0 saturated heterocycles. The summed E-state index contributed by atoms with van der Waals surface area (Å²) in [5.74, 6) is 0. The summed E-state index contributed by atoms with van der Waals surface area (Å²) in [7, 11) is 1.92. The molecule has 0 aromatic heterocycles. The zero-order valence-electron chi connectivity index (χ0n) is 4.63. The lowest BCUT2D eigenvalue weighted by molar-refractivity contribution is 0.383. The number of nitrogens with zero attached hydrogens (tertiary/aromatic N) is 3. The normalized spacial score (nSPS) is 29.4. The van der Waals surface area contributed by atoms with Crippen LogP contribution in [-0.4, -0.2) is 24.6 Å². The molecule has 0 amide bonds. The second-order valence-corrected chi connectivity index (χ2v) is 1.89. The molecule has 1 aliphatic heterocycles. The van der Waals surface area contributed by atoms with Gasteiger partial charge in [0.1, 0.15) is 0 Å². The Labute approximate surface area is 43.0 Å². The minimum Gasteiger partial charge on any atom is -0.280 e. The van der Waals surface area contributed by atoms with Gasteiger partial charge in [0, 0.05) is 7.05 Å². The molecule has 3 nitrogen and oxygen atoms in total. The minimum atomic E-state index is 0.407. The highest BCUT2D eigenvalue weighted by Gasteiger charge is 2.08. The third-order valence-corrected chi connectivity index (χ3v) is 0.930. The average Bonchev–Trinajstić information content (AvgIpc) is 1.87. The summed E-state index contributed by atoms with van der Waals surface area (Å²) < 4.78 is 0. The Balaban J connectivity index is 2.42. The quantitative estimate of drug-likeness (QED) is 0.439. The summed E-state index contributed by atoms with van der Waals surface area (Å²) in [6.45, 7) is 3.02. The van der Waals surface area contributed by atoms with Crippen LogP contribution in [0.2, 0.25) is 0 Å². The third kappa shape index (κ3) is 0.885. The monoisotopic (exact) mass is 99.1 g/mol. The molecule has 0 saturated carbocycles. The van der Waals surface area contributed by atoms with Crippen LogP contribution in [0.3, 0.4) is 0 Å². The van der Waals surface area contributed by atoms with Crippen LogP contribution in [0.25, 0.3) is 0 Å². The van der Waals surface area contributed by atoms with Crippen LogP contribution < -0.4 is 0 Å². The zero-order valence-corrected chi connectivity index (χ0v) is 4.63. The smallest absolute Gasteiger partial charge is 0.0893 e. The van der Waals surface area contributed by atoms with E-state index in [9.17, 15) is 0 Å². The summed E-state index contributed by atoms with van der Waals surface area (Å²) >= 11 is 0. The van der Waals surface area contributed by atoms with Gasteiger partial charge in [0.15, 0.2) is 0 Å². The molecule has 0 aliphatic carbocycles. The first-order valence-corrected chi connectivity index (χ1v) is 2.41. The Morgan fingerprint density at radius 2 is 2.43 bits per heavy atom. The fourth-order valence-electron chi connectivity index (χ4n) is 0.632. The van der Waals surface area contributed by atoms with Crippen LogP contribution >= 0.6 is 0 Å². The average molecular weight is 99.1 g/mol. The first-order valence-electron chi connectivity index (χ1n) is 2.41. The first kappa shape index (κ1) is 4.56. The van der Waals surface area contributed by atoms with Crippen molar-refractivity contribution in [3.63, 3.8) is 0 Å². The summed E-state index contributed by atoms with van der Waals surface area (Å²) in [5.41, 5.74) is 0. The second kappa shape index (κ2) is 1.48. The van der Waals surface area contributed by atoms with Gasteiger partial charge in [0.05, 0.1) is 12.6 Å². The molecule has 0 fully saturated rings. The van der Waals surface area contributed by atoms with Crippen LogP contribution in [-0.2, 0) is 0 Å². The first-order chi connectivity index (χ1) is 3.29. The van der Waals surface area contributed by atoms with Gasteiger partial charge in [-0.1, -0.05) is 5.22 Å². The second-order valence-electron chi connectivity index (χ2n) is 1.89. The van der Waals surface area contributed by atoms with Crippen molar-refractivity contribution in [3.8, 4) is 0 Å². The van der Waals surface area contributed by atoms with Gasteiger partial charge in [0.2, 0.25) is 0 Å². The topological polar surface area (TPSA) is 28.0 Å². The van der Waals surface area contributed by atoms with Crippen LogP contribution in [0.5, 0.6) is 0 Å². The van der Waals surface area contributed by atoms with Gasteiger partial charge >= 0.3 is 0 Å². The maximum atomic E-state index is 3.87. The van der Waals surface area contributed by atoms with Gasteiger partial charge in [-0.25, -0.2) is 0 Å². The molecule has 0 bridgehead atoms. The van der Waals surface area contributed by atoms with E-state index < -0.39 is 0 Å².